The molecule has 0 spiro atoms. The Labute approximate surface area is 109 Å². The van der Waals surface area contributed by atoms with Crippen molar-refractivity contribution in [2.45, 2.75) is 13.5 Å². The van der Waals surface area contributed by atoms with E-state index < -0.39 is 0 Å². The first-order chi connectivity index (χ1) is 8.08. The van der Waals surface area contributed by atoms with Crippen molar-refractivity contribution in [3.05, 3.63) is 62.2 Å². The molecule has 2 rings (SSSR count). The number of rotatable bonds is 2. The predicted molar refractivity (Wildman–Crippen MR) is 68.8 cm³/mol. The minimum absolute atomic E-state index is 0.0592. The second kappa shape index (κ2) is 4.90. The summed E-state index contributed by atoms with van der Waals surface area (Å²) in [4.78, 5) is 15.6. The van der Waals surface area contributed by atoms with Crippen LogP contribution in [0, 0.1) is 6.92 Å². The molecular formula is C12H10Cl2N2O. The number of hydrogen-bond acceptors (Lipinski definition) is 2. The molecule has 5 heteroatoms. The van der Waals surface area contributed by atoms with Crippen molar-refractivity contribution >= 4 is 23.2 Å². The number of halogens is 2. The summed E-state index contributed by atoms with van der Waals surface area (Å²) in [6.07, 6.45) is 0. The largest absolute Gasteiger partial charge is 0.308 e. The van der Waals surface area contributed by atoms with Crippen molar-refractivity contribution in [2.24, 2.45) is 0 Å². The van der Waals surface area contributed by atoms with E-state index in [4.69, 9.17) is 23.2 Å². The third kappa shape index (κ3) is 2.68. The summed E-state index contributed by atoms with van der Waals surface area (Å²) >= 11 is 11.7. The van der Waals surface area contributed by atoms with Gasteiger partial charge in [0.2, 0.25) is 0 Å². The van der Waals surface area contributed by atoms with Gasteiger partial charge in [0.05, 0.1) is 6.54 Å². The van der Waals surface area contributed by atoms with Gasteiger partial charge in [0.15, 0.2) is 0 Å². The summed E-state index contributed by atoms with van der Waals surface area (Å²) in [5, 5.41) is 0.670. The van der Waals surface area contributed by atoms with Crippen LogP contribution in [0.15, 0.2) is 35.1 Å². The fraction of sp³-hybridized carbons (Fsp3) is 0.167. The Morgan fingerprint density at radius 1 is 1.24 bits per heavy atom. The summed E-state index contributed by atoms with van der Waals surface area (Å²) in [6.45, 7) is 2.27. The van der Waals surface area contributed by atoms with Crippen LogP contribution in [-0.2, 0) is 6.54 Å². The normalized spacial score (nSPS) is 10.5. The van der Waals surface area contributed by atoms with Crippen LogP contribution in [0.3, 0.4) is 0 Å². The van der Waals surface area contributed by atoms with Crippen LogP contribution in [0.25, 0.3) is 0 Å². The second-order valence-electron chi connectivity index (χ2n) is 3.68. The van der Waals surface area contributed by atoms with Crippen LogP contribution >= 0.6 is 23.2 Å². The third-order valence-electron chi connectivity index (χ3n) is 2.49. The quantitative estimate of drug-likeness (QED) is 0.786. The zero-order chi connectivity index (χ0) is 12.4. The fourth-order valence-electron chi connectivity index (χ4n) is 1.56. The number of hydrogen-bond donors (Lipinski definition) is 0. The number of aryl methyl sites for hydroxylation is 1. The van der Waals surface area contributed by atoms with E-state index >= 15 is 0 Å². The highest BCUT2D eigenvalue weighted by Crippen LogP contribution is 2.17. The van der Waals surface area contributed by atoms with Crippen LogP contribution in [-0.4, -0.2) is 9.55 Å². The van der Waals surface area contributed by atoms with Crippen LogP contribution in [0.4, 0.5) is 0 Å². The molecule has 0 unspecified atom stereocenters. The number of aromatic nitrogens is 2. The van der Waals surface area contributed by atoms with Gasteiger partial charge in [0.1, 0.15) is 10.3 Å². The van der Waals surface area contributed by atoms with Crippen LogP contribution in [0.5, 0.6) is 0 Å². The molecule has 0 aliphatic carbocycles. The van der Waals surface area contributed by atoms with Gasteiger partial charge in [-0.1, -0.05) is 35.3 Å². The van der Waals surface area contributed by atoms with Gasteiger partial charge >= 0.3 is 0 Å². The van der Waals surface area contributed by atoms with E-state index in [2.05, 4.69) is 4.98 Å². The third-order valence-corrected chi connectivity index (χ3v) is 3.03. The van der Waals surface area contributed by atoms with Gasteiger partial charge < -0.3 is 4.57 Å². The van der Waals surface area contributed by atoms with Gasteiger partial charge in [-0.15, -0.1) is 0 Å². The average Bonchev–Trinajstić information content (AvgIpc) is 2.26. The molecule has 88 valence electrons. The summed E-state index contributed by atoms with van der Waals surface area (Å²) in [6, 6.07) is 8.56. The first-order valence-corrected chi connectivity index (χ1v) is 5.81. The standard InChI is InChI=1S/C12H10Cl2N2O/c1-8-3-2-4-11(17)16(8)7-9-5-6-10(13)15-12(9)14/h2-6H,7H2,1H3. The molecule has 0 amide bonds. The molecule has 0 fully saturated rings. The first-order valence-electron chi connectivity index (χ1n) is 5.05. The van der Waals surface area contributed by atoms with Crippen molar-refractivity contribution in [2.75, 3.05) is 0 Å². The van der Waals surface area contributed by atoms with E-state index in [0.717, 1.165) is 11.3 Å². The van der Waals surface area contributed by atoms with Crippen molar-refractivity contribution in [1.82, 2.24) is 9.55 Å². The Bertz CT molecular complexity index is 608. The van der Waals surface area contributed by atoms with Crippen LogP contribution < -0.4 is 5.56 Å². The molecule has 0 N–H and O–H groups in total. The van der Waals surface area contributed by atoms with Gasteiger partial charge in [0.25, 0.3) is 5.56 Å². The maximum absolute atomic E-state index is 11.7. The SMILES string of the molecule is Cc1cccc(=O)n1Cc1ccc(Cl)nc1Cl. The topological polar surface area (TPSA) is 34.9 Å². The van der Waals surface area contributed by atoms with Crippen molar-refractivity contribution in [1.29, 1.82) is 0 Å². The van der Waals surface area contributed by atoms with E-state index in [1.54, 1.807) is 22.8 Å². The molecule has 2 aromatic rings. The smallest absolute Gasteiger partial charge is 0.251 e. The Morgan fingerprint density at radius 2 is 2.00 bits per heavy atom. The van der Waals surface area contributed by atoms with Gasteiger partial charge in [-0.25, -0.2) is 4.98 Å². The van der Waals surface area contributed by atoms with E-state index in [-0.39, 0.29) is 5.56 Å². The van der Waals surface area contributed by atoms with Gasteiger partial charge in [-0.2, -0.15) is 0 Å². The van der Waals surface area contributed by atoms with E-state index in [1.807, 2.05) is 13.0 Å². The Morgan fingerprint density at radius 3 is 2.65 bits per heavy atom. The minimum atomic E-state index is -0.0592. The fourth-order valence-corrected chi connectivity index (χ4v) is 1.96. The number of pyridine rings is 2. The Balaban J connectivity index is 2.42. The maximum Gasteiger partial charge on any atom is 0.251 e. The highest BCUT2D eigenvalue weighted by atomic mass is 35.5. The van der Waals surface area contributed by atoms with E-state index in [0.29, 0.717) is 16.9 Å². The van der Waals surface area contributed by atoms with Crippen molar-refractivity contribution < 1.29 is 0 Å². The van der Waals surface area contributed by atoms with E-state index in [1.165, 1.54) is 6.07 Å². The van der Waals surface area contributed by atoms with Gasteiger partial charge in [0, 0.05) is 17.3 Å². The highest BCUT2D eigenvalue weighted by Gasteiger charge is 2.06. The molecule has 17 heavy (non-hydrogen) atoms. The second-order valence-corrected chi connectivity index (χ2v) is 4.42. The summed E-state index contributed by atoms with van der Waals surface area (Å²) in [7, 11) is 0. The first kappa shape index (κ1) is 12.1. The van der Waals surface area contributed by atoms with E-state index in [9.17, 15) is 4.79 Å². The Kier molecular flexibility index (Phi) is 3.50. The van der Waals surface area contributed by atoms with Crippen LogP contribution in [0.2, 0.25) is 10.3 Å². The number of nitrogens with zero attached hydrogens (tertiary/aromatic N) is 2. The Hall–Kier alpha value is -1.32. The minimum Gasteiger partial charge on any atom is -0.308 e. The van der Waals surface area contributed by atoms with Gasteiger partial charge in [-0.05, 0) is 19.1 Å². The predicted octanol–water partition coefficient (Wildman–Crippen LogP) is 2.91. The zero-order valence-corrected chi connectivity index (χ0v) is 10.7. The summed E-state index contributed by atoms with van der Waals surface area (Å²) in [5.74, 6) is 0. The molecule has 2 aromatic heterocycles. The lowest BCUT2D eigenvalue weighted by atomic mass is 10.2. The molecule has 0 saturated carbocycles. The van der Waals surface area contributed by atoms with Gasteiger partial charge in [-0.3, -0.25) is 4.79 Å². The zero-order valence-electron chi connectivity index (χ0n) is 9.15. The summed E-state index contributed by atoms with van der Waals surface area (Å²) in [5.41, 5.74) is 1.59. The van der Waals surface area contributed by atoms with Crippen molar-refractivity contribution in [3.8, 4) is 0 Å². The average molecular weight is 269 g/mol. The lowest BCUT2D eigenvalue weighted by Gasteiger charge is -2.10. The molecule has 0 aromatic carbocycles. The molecular weight excluding hydrogens is 259 g/mol. The lowest BCUT2D eigenvalue weighted by molar-refractivity contribution is 0.727. The molecule has 0 atom stereocenters. The van der Waals surface area contributed by atoms with Crippen LogP contribution in [0.1, 0.15) is 11.3 Å². The molecule has 0 aliphatic rings. The molecule has 0 radical (unpaired) electrons. The maximum atomic E-state index is 11.7. The molecule has 0 saturated heterocycles. The molecule has 0 aliphatic heterocycles. The molecule has 3 nitrogen and oxygen atoms in total. The molecule has 2 heterocycles. The summed E-state index contributed by atoms with van der Waals surface area (Å²) < 4.78 is 1.64. The molecule has 0 bridgehead atoms. The van der Waals surface area contributed by atoms with Crippen molar-refractivity contribution in [3.63, 3.8) is 0 Å². The lowest BCUT2D eigenvalue weighted by Crippen LogP contribution is -2.21. The monoisotopic (exact) mass is 268 g/mol. The highest BCUT2D eigenvalue weighted by molar-refractivity contribution is 6.32.